The fourth-order valence-corrected chi connectivity index (χ4v) is 1.95. The lowest BCUT2D eigenvalue weighted by molar-refractivity contribution is 0.0821. The molecule has 3 aromatic rings. The Labute approximate surface area is 115 Å². The molecule has 0 aliphatic carbocycles. The molecule has 20 heavy (non-hydrogen) atoms. The molecule has 8 nitrogen and oxygen atoms in total. The van der Waals surface area contributed by atoms with Crippen molar-refractivity contribution >= 4 is 11.6 Å². The van der Waals surface area contributed by atoms with Crippen LogP contribution >= 0.6 is 0 Å². The molecule has 8 heteroatoms. The monoisotopic (exact) mass is 273 g/mol. The Balaban J connectivity index is 2.11. The molecule has 0 spiro atoms. The van der Waals surface area contributed by atoms with Crippen LogP contribution in [0.1, 0.15) is 16.2 Å². The van der Waals surface area contributed by atoms with Crippen LogP contribution in [0, 0.1) is 6.92 Å². The summed E-state index contributed by atoms with van der Waals surface area (Å²) >= 11 is 0. The van der Waals surface area contributed by atoms with Crippen molar-refractivity contribution in [1.29, 1.82) is 0 Å². The summed E-state index contributed by atoms with van der Waals surface area (Å²) in [5.74, 6) is 0.437. The Kier molecular flexibility index (Phi) is 2.60. The number of fused-ring (bicyclic) bond motifs is 1. The molecule has 0 aromatic carbocycles. The van der Waals surface area contributed by atoms with Crippen molar-refractivity contribution in [3.63, 3.8) is 0 Å². The highest BCUT2D eigenvalue weighted by Crippen LogP contribution is 2.18. The van der Waals surface area contributed by atoms with E-state index >= 15 is 0 Å². The number of aromatic nitrogens is 6. The number of carbonyl (C=O) groups is 1. The van der Waals surface area contributed by atoms with Gasteiger partial charge in [-0.05, 0) is 13.0 Å². The van der Waals surface area contributed by atoms with Gasteiger partial charge in [0.2, 0.25) is 5.82 Å². The Morgan fingerprint density at radius 2 is 2.05 bits per heavy atom. The number of aryl methyl sites for hydroxylation is 2. The van der Waals surface area contributed by atoms with Crippen LogP contribution in [0.25, 0.3) is 17.2 Å². The highest BCUT2D eigenvalue weighted by molar-refractivity contribution is 5.93. The number of amides is 1. The second kappa shape index (κ2) is 4.19. The summed E-state index contributed by atoms with van der Waals surface area (Å²) in [6.45, 7) is 1.96. The minimum atomic E-state index is -0.148. The quantitative estimate of drug-likeness (QED) is 0.735. The van der Waals surface area contributed by atoms with E-state index in [9.17, 15) is 4.79 Å². The van der Waals surface area contributed by atoms with Crippen molar-refractivity contribution in [1.82, 2.24) is 34.5 Å². The molecule has 0 aliphatic rings. The Morgan fingerprint density at radius 3 is 2.65 bits per heavy atom. The van der Waals surface area contributed by atoms with E-state index in [-0.39, 0.29) is 5.91 Å². The molecule has 0 bridgehead atoms. The van der Waals surface area contributed by atoms with Crippen molar-refractivity contribution in [3.05, 3.63) is 23.5 Å². The van der Waals surface area contributed by atoms with Crippen molar-refractivity contribution in [2.24, 2.45) is 7.05 Å². The largest absolute Gasteiger partial charge is 0.343 e. The van der Waals surface area contributed by atoms with Gasteiger partial charge in [-0.1, -0.05) is 0 Å². The fraction of sp³-hybridized carbons (Fsp3) is 0.333. The summed E-state index contributed by atoms with van der Waals surface area (Å²) < 4.78 is 3.36. The SMILES string of the molecule is Cc1cc(-c2n[nH]c3cc(C(=O)N(C)C)nn23)nn1C. The van der Waals surface area contributed by atoms with Gasteiger partial charge in [-0.25, -0.2) is 0 Å². The van der Waals surface area contributed by atoms with Crippen LogP contribution in [0.3, 0.4) is 0 Å². The summed E-state index contributed by atoms with van der Waals surface area (Å²) in [5.41, 5.74) is 2.77. The van der Waals surface area contributed by atoms with Gasteiger partial charge in [0.15, 0.2) is 11.3 Å². The third kappa shape index (κ3) is 1.77. The normalized spacial score (nSPS) is 11.2. The Bertz CT molecular complexity index is 773. The highest BCUT2D eigenvalue weighted by Gasteiger charge is 2.18. The average Bonchev–Trinajstić information content (AvgIpc) is 3.03. The van der Waals surface area contributed by atoms with E-state index in [0.717, 1.165) is 5.69 Å². The molecule has 0 radical (unpaired) electrons. The van der Waals surface area contributed by atoms with Gasteiger partial charge in [-0.2, -0.15) is 19.8 Å². The van der Waals surface area contributed by atoms with Gasteiger partial charge in [0.05, 0.1) is 0 Å². The smallest absolute Gasteiger partial charge is 0.273 e. The Morgan fingerprint density at radius 1 is 1.30 bits per heavy atom. The van der Waals surface area contributed by atoms with Gasteiger partial charge >= 0.3 is 0 Å². The molecular weight excluding hydrogens is 258 g/mol. The van der Waals surface area contributed by atoms with Gasteiger partial charge in [-0.3, -0.25) is 14.6 Å². The number of hydrogen-bond donors (Lipinski definition) is 1. The van der Waals surface area contributed by atoms with Crippen LogP contribution in [0.4, 0.5) is 0 Å². The predicted octanol–water partition coefficient (Wildman–Crippen LogP) is 0.468. The van der Waals surface area contributed by atoms with Gasteiger partial charge < -0.3 is 4.90 Å². The number of nitrogens with one attached hydrogen (secondary N) is 1. The van der Waals surface area contributed by atoms with Gasteiger partial charge in [0, 0.05) is 32.9 Å². The Hall–Kier alpha value is -2.64. The number of hydrogen-bond acceptors (Lipinski definition) is 4. The zero-order valence-corrected chi connectivity index (χ0v) is 11.7. The van der Waals surface area contributed by atoms with E-state index in [2.05, 4.69) is 20.4 Å². The first-order valence-corrected chi connectivity index (χ1v) is 6.14. The first kappa shape index (κ1) is 12.4. The zero-order valence-electron chi connectivity index (χ0n) is 11.7. The topological polar surface area (TPSA) is 84.1 Å². The van der Waals surface area contributed by atoms with E-state index in [1.165, 1.54) is 4.90 Å². The maximum atomic E-state index is 11.9. The lowest BCUT2D eigenvalue weighted by Gasteiger charge is -2.06. The molecule has 104 valence electrons. The van der Waals surface area contributed by atoms with E-state index in [1.54, 1.807) is 29.4 Å². The highest BCUT2D eigenvalue weighted by atomic mass is 16.2. The van der Waals surface area contributed by atoms with Crippen LogP contribution in [-0.2, 0) is 7.05 Å². The summed E-state index contributed by atoms with van der Waals surface area (Å²) in [6.07, 6.45) is 0. The maximum absolute atomic E-state index is 11.9. The molecule has 0 atom stereocenters. The van der Waals surface area contributed by atoms with E-state index in [1.807, 2.05) is 20.0 Å². The van der Waals surface area contributed by atoms with Crippen LogP contribution in [0.2, 0.25) is 0 Å². The standard InChI is InChI=1S/C12H15N7O/c1-7-5-8(15-18(7)4)11-14-13-10-6-9(16-19(10)11)12(20)17(2)3/h5-6,13H,1-4H3. The lowest BCUT2D eigenvalue weighted by Crippen LogP contribution is -2.22. The number of nitrogens with zero attached hydrogens (tertiary/aromatic N) is 6. The molecule has 0 unspecified atom stereocenters. The van der Waals surface area contributed by atoms with Crippen molar-refractivity contribution in [3.8, 4) is 11.5 Å². The van der Waals surface area contributed by atoms with Crippen molar-refractivity contribution in [2.45, 2.75) is 6.92 Å². The molecule has 0 saturated heterocycles. The molecule has 1 amide bonds. The van der Waals surface area contributed by atoms with Crippen molar-refractivity contribution < 1.29 is 4.79 Å². The molecule has 0 aliphatic heterocycles. The van der Waals surface area contributed by atoms with Crippen LogP contribution in [0.15, 0.2) is 12.1 Å². The first-order chi connectivity index (χ1) is 9.47. The second-order valence-corrected chi connectivity index (χ2v) is 4.87. The number of aromatic amines is 1. The third-order valence-electron chi connectivity index (χ3n) is 3.15. The van der Waals surface area contributed by atoms with E-state index in [0.29, 0.717) is 22.9 Å². The number of rotatable bonds is 2. The van der Waals surface area contributed by atoms with Crippen molar-refractivity contribution in [2.75, 3.05) is 14.1 Å². The van der Waals surface area contributed by atoms with E-state index < -0.39 is 0 Å². The summed E-state index contributed by atoms with van der Waals surface area (Å²) in [4.78, 5) is 13.4. The van der Waals surface area contributed by atoms with Gasteiger partial charge in [0.25, 0.3) is 5.91 Å². The molecule has 0 saturated carbocycles. The van der Waals surface area contributed by atoms with Gasteiger partial charge in [-0.15, -0.1) is 0 Å². The minimum absolute atomic E-state index is 0.148. The first-order valence-electron chi connectivity index (χ1n) is 6.14. The van der Waals surface area contributed by atoms with Crippen LogP contribution < -0.4 is 0 Å². The average molecular weight is 273 g/mol. The maximum Gasteiger partial charge on any atom is 0.273 e. The number of H-pyrrole nitrogens is 1. The van der Waals surface area contributed by atoms with Crippen LogP contribution in [0.5, 0.6) is 0 Å². The molecule has 3 heterocycles. The second-order valence-electron chi connectivity index (χ2n) is 4.87. The molecule has 1 N–H and O–H groups in total. The molecule has 3 rings (SSSR count). The lowest BCUT2D eigenvalue weighted by atomic mass is 10.3. The minimum Gasteiger partial charge on any atom is -0.343 e. The zero-order chi connectivity index (χ0) is 14.4. The third-order valence-corrected chi connectivity index (χ3v) is 3.15. The molecular formula is C12H15N7O. The summed E-state index contributed by atoms with van der Waals surface area (Å²) in [6, 6.07) is 3.60. The predicted molar refractivity (Wildman–Crippen MR) is 72.3 cm³/mol. The molecule has 0 fully saturated rings. The fourth-order valence-electron chi connectivity index (χ4n) is 1.95. The summed E-state index contributed by atoms with van der Waals surface area (Å²) in [7, 11) is 5.25. The van der Waals surface area contributed by atoms with E-state index in [4.69, 9.17) is 0 Å². The molecule has 3 aromatic heterocycles. The van der Waals surface area contributed by atoms with Gasteiger partial charge in [0.1, 0.15) is 5.69 Å². The van der Waals surface area contributed by atoms with Crippen LogP contribution in [-0.4, -0.2) is 54.5 Å². The number of carbonyl (C=O) groups excluding carboxylic acids is 1. The summed E-state index contributed by atoms with van der Waals surface area (Å²) in [5, 5.41) is 15.7.